The van der Waals surface area contributed by atoms with Gasteiger partial charge < -0.3 is 0 Å². The highest BCUT2D eigenvalue weighted by atomic mass is 32.2. The average molecular weight is 315 g/mol. The first-order chi connectivity index (χ1) is 10.4. The summed E-state index contributed by atoms with van der Waals surface area (Å²) in [7, 11) is -0.573. The van der Waals surface area contributed by atoms with Crippen molar-refractivity contribution < 1.29 is 13.2 Å². The number of benzene rings is 2. The maximum Gasteiger partial charge on any atom is 0.242 e. The van der Waals surface area contributed by atoms with Crippen molar-refractivity contribution in [1.82, 2.24) is 4.31 Å². The fourth-order valence-corrected chi connectivity index (χ4v) is 3.66. The Balaban J connectivity index is 2.17. The molecule has 3 rings (SSSR count). The van der Waals surface area contributed by atoms with Crippen molar-refractivity contribution in [3.8, 4) is 0 Å². The Bertz CT molecular complexity index is 854. The normalized spacial score (nSPS) is 14.4. The fourth-order valence-electron chi connectivity index (χ4n) is 2.73. The van der Waals surface area contributed by atoms with Gasteiger partial charge in [0.2, 0.25) is 10.0 Å². The van der Waals surface area contributed by atoms with E-state index in [2.05, 4.69) is 0 Å². The number of fused-ring (bicyclic) bond motifs is 2. The Labute approximate surface area is 130 Å². The molecule has 1 aliphatic carbocycles. The van der Waals surface area contributed by atoms with E-state index in [1.165, 1.54) is 20.2 Å². The van der Waals surface area contributed by atoms with Gasteiger partial charge in [0, 0.05) is 25.2 Å². The van der Waals surface area contributed by atoms with Crippen LogP contribution in [-0.4, -0.2) is 32.6 Å². The molecular weight excluding hydrogens is 298 g/mol. The molecule has 0 amide bonds. The lowest BCUT2D eigenvalue weighted by Crippen LogP contribution is -2.22. The van der Waals surface area contributed by atoms with Gasteiger partial charge in [-0.15, -0.1) is 0 Å². The first kappa shape index (κ1) is 14.9. The standard InChI is InChI=1S/C17H17NO3S/c1-18(2)22(20,21)14-10-9-13-8-7-12-5-3-4-6-15(12)17(19)16(13)11-14/h3-6,9-11H,7-8H2,1-2H3. The molecule has 114 valence electrons. The molecule has 0 fully saturated rings. The number of sulfonamides is 1. The minimum absolute atomic E-state index is 0.0982. The predicted octanol–water partition coefficient (Wildman–Crippen LogP) is 2.27. The Hall–Kier alpha value is -1.98. The topological polar surface area (TPSA) is 54.5 Å². The average Bonchev–Trinajstić information content (AvgIpc) is 2.65. The van der Waals surface area contributed by atoms with Gasteiger partial charge >= 0.3 is 0 Å². The molecule has 0 aromatic heterocycles. The Morgan fingerprint density at radius 1 is 0.909 bits per heavy atom. The van der Waals surface area contributed by atoms with E-state index in [0.717, 1.165) is 28.3 Å². The summed E-state index contributed by atoms with van der Waals surface area (Å²) < 4.78 is 25.7. The molecule has 2 aromatic rings. The number of ketones is 1. The quantitative estimate of drug-likeness (QED) is 0.854. The van der Waals surface area contributed by atoms with Gasteiger partial charge in [0.25, 0.3) is 0 Å². The van der Waals surface area contributed by atoms with Crippen LogP contribution in [0.3, 0.4) is 0 Å². The molecule has 0 saturated heterocycles. The molecular formula is C17H17NO3S. The van der Waals surface area contributed by atoms with E-state index < -0.39 is 10.0 Å². The first-order valence-corrected chi connectivity index (χ1v) is 8.53. The number of rotatable bonds is 2. The number of hydrogen-bond donors (Lipinski definition) is 0. The molecule has 22 heavy (non-hydrogen) atoms. The molecule has 0 aliphatic heterocycles. The summed E-state index contributed by atoms with van der Waals surface area (Å²) in [4.78, 5) is 12.9. The second-order valence-electron chi connectivity index (χ2n) is 5.59. The van der Waals surface area contributed by atoms with E-state index in [4.69, 9.17) is 0 Å². The van der Waals surface area contributed by atoms with Crippen LogP contribution in [-0.2, 0) is 22.9 Å². The highest BCUT2D eigenvalue weighted by Crippen LogP contribution is 2.27. The smallest absolute Gasteiger partial charge is 0.242 e. The Morgan fingerprint density at radius 3 is 2.23 bits per heavy atom. The van der Waals surface area contributed by atoms with Crippen LogP contribution in [0.4, 0.5) is 0 Å². The van der Waals surface area contributed by atoms with Crippen LogP contribution in [0.5, 0.6) is 0 Å². The van der Waals surface area contributed by atoms with Gasteiger partial charge in [-0.25, -0.2) is 12.7 Å². The molecule has 2 aromatic carbocycles. The number of aryl methyl sites for hydroxylation is 2. The second kappa shape index (κ2) is 5.34. The largest absolute Gasteiger partial charge is 0.289 e. The van der Waals surface area contributed by atoms with Gasteiger partial charge in [-0.05, 0) is 36.1 Å². The zero-order chi connectivity index (χ0) is 15.9. The third-order valence-electron chi connectivity index (χ3n) is 4.03. The zero-order valence-corrected chi connectivity index (χ0v) is 13.4. The predicted molar refractivity (Wildman–Crippen MR) is 84.6 cm³/mol. The van der Waals surface area contributed by atoms with E-state index in [1.54, 1.807) is 18.2 Å². The summed E-state index contributed by atoms with van der Waals surface area (Å²) >= 11 is 0. The molecule has 0 bridgehead atoms. The fraction of sp³-hybridized carbons (Fsp3) is 0.235. The Kier molecular flexibility index (Phi) is 3.62. The van der Waals surface area contributed by atoms with E-state index >= 15 is 0 Å². The Morgan fingerprint density at radius 2 is 1.55 bits per heavy atom. The van der Waals surface area contributed by atoms with Crippen molar-refractivity contribution in [2.45, 2.75) is 17.7 Å². The maximum atomic E-state index is 12.8. The van der Waals surface area contributed by atoms with Crippen LogP contribution < -0.4 is 0 Å². The molecule has 0 unspecified atom stereocenters. The van der Waals surface area contributed by atoms with Crippen LogP contribution in [0.1, 0.15) is 27.0 Å². The monoisotopic (exact) mass is 315 g/mol. The first-order valence-electron chi connectivity index (χ1n) is 7.09. The van der Waals surface area contributed by atoms with Gasteiger partial charge in [0.15, 0.2) is 5.78 Å². The summed E-state index contributed by atoms with van der Waals surface area (Å²) in [6.45, 7) is 0. The van der Waals surface area contributed by atoms with E-state index in [1.807, 2.05) is 18.2 Å². The van der Waals surface area contributed by atoms with Gasteiger partial charge in [-0.3, -0.25) is 4.79 Å². The minimum atomic E-state index is -3.54. The molecule has 0 radical (unpaired) electrons. The lowest BCUT2D eigenvalue weighted by molar-refractivity contribution is 0.103. The van der Waals surface area contributed by atoms with Crippen LogP contribution in [0, 0.1) is 0 Å². The van der Waals surface area contributed by atoms with E-state index in [-0.39, 0.29) is 10.7 Å². The molecule has 0 spiro atoms. The van der Waals surface area contributed by atoms with Crippen molar-refractivity contribution in [1.29, 1.82) is 0 Å². The van der Waals surface area contributed by atoms with E-state index in [0.29, 0.717) is 11.1 Å². The van der Waals surface area contributed by atoms with Gasteiger partial charge in [0.1, 0.15) is 0 Å². The highest BCUT2D eigenvalue weighted by Gasteiger charge is 2.24. The maximum absolute atomic E-state index is 12.8. The minimum Gasteiger partial charge on any atom is -0.289 e. The van der Waals surface area contributed by atoms with Crippen molar-refractivity contribution in [3.63, 3.8) is 0 Å². The number of hydrogen-bond acceptors (Lipinski definition) is 3. The molecule has 0 heterocycles. The summed E-state index contributed by atoms with van der Waals surface area (Å²) in [5.74, 6) is -0.0982. The highest BCUT2D eigenvalue weighted by molar-refractivity contribution is 7.89. The van der Waals surface area contributed by atoms with Crippen molar-refractivity contribution in [2.24, 2.45) is 0 Å². The van der Waals surface area contributed by atoms with Crippen molar-refractivity contribution in [2.75, 3.05) is 14.1 Å². The van der Waals surface area contributed by atoms with Gasteiger partial charge in [-0.1, -0.05) is 30.3 Å². The summed E-state index contributed by atoms with van der Waals surface area (Å²) in [5.41, 5.74) is 3.08. The summed E-state index contributed by atoms with van der Waals surface area (Å²) in [5, 5.41) is 0. The SMILES string of the molecule is CN(C)S(=O)(=O)c1ccc2c(c1)C(=O)c1ccccc1CC2. The molecule has 5 heteroatoms. The van der Waals surface area contributed by atoms with Crippen LogP contribution in [0.15, 0.2) is 47.4 Å². The lowest BCUT2D eigenvalue weighted by Gasteiger charge is -2.13. The second-order valence-corrected chi connectivity index (χ2v) is 7.74. The number of nitrogens with zero attached hydrogens (tertiary/aromatic N) is 1. The number of carbonyl (C=O) groups excluding carboxylic acids is 1. The molecule has 4 nitrogen and oxygen atoms in total. The summed E-state index contributed by atoms with van der Waals surface area (Å²) in [6.07, 6.45) is 1.52. The third-order valence-corrected chi connectivity index (χ3v) is 5.84. The molecule has 0 atom stereocenters. The van der Waals surface area contributed by atoms with Gasteiger partial charge in [-0.2, -0.15) is 0 Å². The molecule has 1 aliphatic rings. The summed E-state index contributed by atoms with van der Waals surface area (Å²) in [6, 6.07) is 12.4. The van der Waals surface area contributed by atoms with Crippen LogP contribution in [0.25, 0.3) is 0 Å². The zero-order valence-electron chi connectivity index (χ0n) is 12.5. The van der Waals surface area contributed by atoms with Crippen molar-refractivity contribution >= 4 is 15.8 Å². The lowest BCUT2D eigenvalue weighted by atomic mass is 9.99. The van der Waals surface area contributed by atoms with Crippen LogP contribution >= 0.6 is 0 Å². The van der Waals surface area contributed by atoms with E-state index in [9.17, 15) is 13.2 Å². The van der Waals surface area contributed by atoms with Crippen LogP contribution in [0.2, 0.25) is 0 Å². The number of carbonyl (C=O) groups is 1. The van der Waals surface area contributed by atoms with Crippen molar-refractivity contribution in [3.05, 3.63) is 64.7 Å². The molecule has 0 N–H and O–H groups in total. The molecule has 0 saturated carbocycles. The van der Waals surface area contributed by atoms with Gasteiger partial charge in [0.05, 0.1) is 4.90 Å². The third kappa shape index (κ3) is 2.36.